The number of ether oxygens (including phenoxy) is 1. The van der Waals surface area contributed by atoms with E-state index in [9.17, 15) is 8.78 Å². The molecular weight excluding hydrogens is 373 g/mol. The minimum absolute atomic E-state index is 0.0624. The zero-order valence-corrected chi connectivity index (χ0v) is 16.5. The Morgan fingerprint density at radius 2 is 1.66 bits per heavy atom. The molecule has 4 rings (SSSR count). The number of hydrogen-bond acceptors (Lipinski definition) is 1. The van der Waals surface area contributed by atoms with E-state index in [-0.39, 0.29) is 11.6 Å². The number of halogens is 3. The summed E-state index contributed by atoms with van der Waals surface area (Å²) in [6.07, 6.45) is 6.22. The zero-order chi connectivity index (χ0) is 20.4. The van der Waals surface area contributed by atoms with Gasteiger partial charge in [0, 0.05) is 10.9 Å². The highest BCUT2D eigenvalue weighted by atomic mass is 19.3. The van der Waals surface area contributed by atoms with Crippen LogP contribution in [0.3, 0.4) is 0 Å². The van der Waals surface area contributed by atoms with Crippen LogP contribution in [0, 0.1) is 11.7 Å². The highest BCUT2D eigenvalue weighted by Crippen LogP contribution is 2.38. The minimum atomic E-state index is -2.87. The molecule has 0 aromatic heterocycles. The summed E-state index contributed by atoms with van der Waals surface area (Å²) < 4.78 is 44.2. The smallest absolute Gasteiger partial charge is 0.387 e. The zero-order valence-electron chi connectivity index (χ0n) is 16.5. The summed E-state index contributed by atoms with van der Waals surface area (Å²) in [4.78, 5) is 0. The first-order valence-corrected chi connectivity index (χ1v) is 10.3. The molecule has 0 N–H and O–H groups in total. The molecule has 1 aliphatic rings. The first-order chi connectivity index (χ1) is 14.0. The molecule has 0 atom stereocenters. The average Bonchev–Trinajstić information content (AvgIpc) is 2.74. The molecule has 0 saturated heterocycles. The van der Waals surface area contributed by atoms with E-state index in [4.69, 9.17) is 0 Å². The van der Waals surface area contributed by atoms with Crippen molar-refractivity contribution in [3.05, 3.63) is 66.0 Å². The largest absolute Gasteiger partial charge is 0.435 e. The lowest BCUT2D eigenvalue weighted by molar-refractivity contribution is -0.0498. The van der Waals surface area contributed by atoms with Crippen LogP contribution in [0.25, 0.3) is 21.9 Å². The normalized spacial score (nSPS) is 19.6. The molecule has 0 unspecified atom stereocenters. The van der Waals surface area contributed by atoms with Gasteiger partial charge >= 0.3 is 6.61 Å². The molecule has 3 aromatic carbocycles. The van der Waals surface area contributed by atoms with Crippen molar-refractivity contribution in [1.29, 1.82) is 0 Å². The molecule has 1 nitrogen and oxygen atoms in total. The van der Waals surface area contributed by atoms with Crippen molar-refractivity contribution in [3.8, 4) is 16.9 Å². The Morgan fingerprint density at radius 3 is 2.31 bits per heavy atom. The van der Waals surface area contributed by atoms with Crippen LogP contribution in [0.5, 0.6) is 5.75 Å². The number of rotatable bonds is 5. The fourth-order valence-electron chi connectivity index (χ4n) is 4.51. The minimum Gasteiger partial charge on any atom is -0.435 e. The van der Waals surface area contributed by atoms with Gasteiger partial charge in [-0.2, -0.15) is 8.78 Å². The lowest BCUT2D eigenvalue weighted by Crippen LogP contribution is -2.12. The van der Waals surface area contributed by atoms with Crippen LogP contribution in [0.15, 0.2) is 54.6 Å². The van der Waals surface area contributed by atoms with Gasteiger partial charge in [-0.15, -0.1) is 0 Å². The Balaban J connectivity index is 1.59. The maximum atomic E-state index is 15.2. The molecule has 0 aliphatic heterocycles. The Bertz CT molecular complexity index is 973. The molecule has 0 spiro atoms. The fraction of sp³-hybridized carbons (Fsp3) is 0.360. The highest BCUT2D eigenvalue weighted by Gasteiger charge is 2.22. The van der Waals surface area contributed by atoms with Gasteiger partial charge < -0.3 is 4.74 Å². The number of fused-ring (bicyclic) bond motifs is 1. The molecule has 3 aromatic rings. The topological polar surface area (TPSA) is 9.23 Å². The second-order valence-electron chi connectivity index (χ2n) is 7.94. The van der Waals surface area contributed by atoms with Gasteiger partial charge in [0.25, 0.3) is 0 Å². The van der Waals surface area contributed by atoms with Crippen LogP contribution in [-0.2, 0) is 0 Å². The summed E-state index contributed by atoms with van der Waals surface area (Å²) >= 11 is 0. The Morgan fingerprint density at radius 1 is 0.931 bits per heavy atom. The SMILES string of the molecule is CC[C@H]1CC[C@H](c2ccc3c(F)c(-c4ccc(OC(F)F)cc4)ccc3c2)CC1. The lowest BCUT2D eigenvalue weighted by Gasteiger charge is -2.28. The lowest BCUT2D eigenvalue weighted by atomic mass is 9.77. The van der Waals surface area contributed by atoms with Gasteiger partial charge in [-0.3, -0.25) is 0 Å². The third-order valence-electron chi connectivity index (χ3n) is 6.26. The van der Waals surface area contributed by atoms with Crippen LogP contribution in [0.1, 0.15) is 50.5 Å². The van der Waals surface area contributed by atoms with Crippen molar-refractivity contribution in [2.45, 2.75) is 51.6 Å². The second-order valence-corrected chi connectivity index (χ2v) is 7.94. The first-order valence-electron chi connectivity index (χ1n) is 10.3. The molecule has 1 saturated carbocycles. The molecule has 0 bridgehead atoms. The van der Waals surface area contributed by atoms with Gasteiger partial charge in [0.1, 0.15) is 11.6 Å². The van der Waals surface area contributed by atoms with E-state index in [1.54, 1.807) is 18.2 Å². The van der Waals surface area contributed by atoms with Gasteiger partial charge in [-0.25, -0.2) is 4.39 Å². The molecule has 1 aliphatic carbocycles. The number of hydrogen-bond donors (Lipinski definition) is 0. The summed E-state index contributed by atoms with van der Waals surface area (Å²) in [5.74, 6) is 1.19. The summed E-state index contributed by atoms with van der Waals surface area (Å²) in [6, 6.07) is 15.8. The van der Waals surface area contributed by atoms with Crippen molar-refractivity contribution in [2.75, 3.05) is 0 Å². The van der Waals surface area contributed by atoms with Gasteiger partial charge in [0.15, 0.2) is 0 Å². The predicted molar refractivity (Wildman–Crippen MR) is 111 cm³/mol. The van der Waals surface area contributed by atoms with Crippen molar-refractivity contribution in [1.82, 2.24) is 0 Å². The third-order valence-corrected chi connectivity index (χ3v) is 6.26. The van der Waals surface area contributed by atoms with Gasteiger partial charge in [0.05, 0.1) is 0 Å². The molecule has 4 heteroatoms. The predicted octanol–water partition coefficient (Wildman–Crippen LogP) is 7.93. The van der Waals surface area contributed by atoms with E-state index in [0.717, 1.165) is 11.3 Å². The van der Waals surface area contributed by atoms with E-state index < -0.39 is 6.61 Å². The number of benzene rings is 3. The quantitative estimate of drug-likeness (QED) is 0.424. The van der Waals surface area contributed by atoms with E-state index in [0.29, 0.717) is 22.4 Å². The molecule has 1 fully saturated rings. The third kappa shape index (κ3) is 4.26. The van der Waals surface area contributed by atoms with Crippen LogP contribution < -0.4 is 4.74 Å². The van der Waals surface area contributed by atoms with Crippen molar-refractivity contribution >= 4 is 10.8 Å². The molecule has 29 heavy (non-hydrogen) atoms. The summed E-state index contributed by atoms with van der Waals surface area (Å²) in [6.45, 7) is -0.606. The maximum Gasteiger partial charge on any atom is 0.387 e. The standard InChI is InChI=1S/C25H25F3O/c1-2-16-3-5-17(6-4-16)19-9-13-23-20(15-19)10-14-22(24(23)26)18-7-11-21(12-8-18)29-25(27)28/h7-17,25H,2-6H2,1H3/t16-,17-. The summed E-state index contributed by atoms with van der Waals surface area (Å²) in [5.41, 5.74) is 2.39. The van der Waals surface area contributed by atoms with Crippen molar-refractivity contribution in [3.63, 3.8) is 0 Å². The van der Waals surface area contributed by atoms with E-state index in [1.165, 1.54) is 49.8 Å². The van der Waals surface area contributed by atoms with Crippen LogP contribution in [0.2, 0.25) is 0 Å². The summed E-state index contributed by atoms with van der Waals surface area (Å²) in [5, 5.41) is 1.49. The Kier molecular flexibility index (Phi) is 5.79. The second kappa shape index (κ2) is 8.48. The molecule has 0 heterocycles. The van der Waals surface area contributed by atoms with E-state index in [1.807, 2.05) is 12.1 Å². The molecular formula is C25H25F3O. The van der Waals surface area contributed by atoms with Gasteiger partial charge in [-0.05, 0) is 66.2 Å². The van der Waals surface area contributed by atoms with Crippen molar-refractivity contribution < 1.29 is 17.9 Å². The number of alkyl halides is 2. The summed E-state index contributed by atoms with van der Waals surface area (Å²) in [7, 11) is 0. The van der Waals surface area contributed by atoms with E-state index >= 15 is 4.39 Å². The Labute approximate surface area is 169 Å². The average molecular weight is 398 g/mol. The van der Waals surface area contributed by atoms with Gasteiger partial charge in [-0.1, -0.05) is 55.8 Å². The van der Waals surface area contributed by atoms with E-state index in [2.05, 4.69) is 23.8 Å². The first kappa shape index (κ1) is 19.8. The molecule has 0 radical (unpaired) electrons. The van der Waals surface area contributed by atoms with Gasteiger partial charge in [0.2, 0.25) is 0 Å². The monoisotopic (exact) mass is 398 g/mol. The maximum absolute atomic E-state index is 15.2. The van der Waals surface area contributed by atoms with Crippen LogP contribution in [0.4, 0.5) is 13.2 Å². The Hall–Kier alpha value is -2.49. The van der Waals surface area contributed by atoms with Crippen molar-refractivity contribution in [2.24, 2.45) is 5.92 Å². The molecule has 0 amide bonds. The fourth-order valence-corrected chi connectivity index (χ4v) is 4.51. The molecule has 152 valence electrons. The van der Waals surface area contributed by atoms with Crippen LogP contribution in [-0.4, -0.2) is 6.61 Å². The van der Waals surface area contributed by atoms with Crippen LogP contribution >= 0.6 is 0 Å². The highest BCUT2D eigenvalue weighted by molar-refractivity contribution is 5.89.